The van der Waals surface area contributed by atoms with E-state index in [1.54, 1.807) is 91.8 Å². The van der Waals surface area contributed by atoms with Crippen molar-refractivity contribution in [3.63, 3.8) is 0 Å². The highest BCUT2D eigenvalue weighted by Gasteiger charge is 2.49. The second kappa shape index (κ2) is 27.4. The number of amides is 3. The quantitative estimate of drug-likeness (QED) is 0.134. The first kappa shape index (κ1) is 66.1. The number of carbonyl (C=O) groups is 3. The van der Waals surface area contributed by atoms with E-state index in [-0.39, 0.29) is 66.6 Å². The van der Waals surface area contributed by atoms with Crippen LogP contribution in [0.4, 0.5) is 13.6 Å². The van der Waals surface area contributed by atoms with E-state index in [0.717, 1.165) is 11.2 Å². The number of carbonyl (C=O) groups excluding carboxylic acids is 3. The Labute approximate surface area is 535 Å². The number of benzene rings is 4. The Morgan fingerprint density at radius 3 is 1.55 bits per heavy atom. The summed E-state index contributed by atoms with van der Waals surface area (Å²) in [7, 11) is 2.34. The maximum absolute atomic E-state index is 15.1. The molecule has 3 amide bonds. The fourth-order valence-corrected chi connectivity index (χ4v) is 11.5. The second-order valence-electron chi connectivity index (χ2n) is 23.6. The highest BCUT2D eigenvalue weighted by molar-refractivity contribution is 8.51. The molecule has 8 heterocycles. The average Bonchev–Trinajstić information content (AvgIpc) is 1.71. The molecule has 22 nitrogen and oxygen atoms in total. The van der Waals surface area contributed by atoms with Gasteiger partial charge in [0.15, 0.2) is 23.3 Å². The first-order valence-corrected chi connectivity index (χ1v) is 33.5. The first-order chi connectivity index (χ1) is 42.3. The lowest BCUT2D eigenvalue weighted by molar-refractivity contribution is -0.0630. The summed E-state index contributed by atoms with van der Waals surface area (Å²) in [5.41, 5.74) is -0.0726. The van der Waals surface area contributed by atoms with Gasteiger partial charge in [-0.05, 0) is 110 Å². The van der Waals surface area contributed by atoms with Crippen molar-refractivity contribution < 1.29 is 37.4 Å². The van der Waals surface area contributed by atoms with Gasteiger partial charge in [0.2, 0.25) is 0 Å². The third-order valence-electron chi connectivity index (χ3n) is 15.3. The topological polar surface area (TPSA) is 254 Å². The molecule has 3 N–H and O–H groups in total. The number of ether oxygens (including phenoxy) is 3. The molecule has 0 aliphatic carbocycles. The number of aromatic nitrogens is 10. The number of hydrogen-bond donors (Lipinski definition) is 3. The van der Waals surface area contributed by atoms with Crippen LogP contribution in [0.2, 0.25) is 0 Å². The molecule has 0 radical (unpaired) electrons. The van der Waals surface area contributed by atoms with Crippen LogP contribution in [-0.2, 0) is 103 Å². The van der Waals surface area contributed by atoms with Gasteiger partial charge in [-0.1, -0.05) is 48.5 Å². The Bertz CT molecular complexity index is 4210. The molecule has 468 valence electrons. The summed E-state index contributed by atoms with van der Waals surface area (Å²) < 4.78 is 51.5. The van der Waals surface area contributed by atoms with E-state index in [4.69, 9.17) is 14.2 Å². The van der Waals surface area contributed by atoms with Gasteiger partial charge in [0, 0.05) is 99.2 Å². The molecule has 4 unspecified atom stereocenters. The Balaban J connectivity index is 0.000000197. The molecule has 12 rings (SSSR count). The number of nitrogens with zero attached hydrogens (tertiary/aromatic N) is 11. The van der Waals surface area contributed by atoms with E-state index < -0.39 is 52.6 Å². The number of halogens is 2. The lowest BCUT2D eigenvalue weighted by atomic mass is 10.0. The number of rotatable bonds is 8. The minimum absolute atomic E-state index is 0.00997. The first-order valence-electron chi connectivity index (χ1n) is 28.1. The molecular formula is C59H64F2N14O8S6. The molecule has 4 aliphatic heterocycles. The van der Waals surface area contributed by atoms with Crippen LogP contribution in [0.1, 0.15) is 153 Å². The normalized spacial score (nSPS) is 18.9. The lowest BCUT2D eigenvalue weighted by Crippen LogP contribution is -2.48. The van der Waals surface area contributed by atoms with Crippen LogP contribution in [0.25, 0.3) is 21.5 Å². The van der Waals surface area contributed by atoms with Crippen molar-refractivity contribution >= 4 is 102 Å². The summed E-state index contributed by atoms with van der Waals surface area (Å²) in [6.45, 7) is 18.5. The molecular weight excluding hydrogens is 1260 g/mol. The Hall–Kier alpha value is -7.29. The second-order valence-corrected chi connectivity index (χ2v) is 27.1. The van der Waals surface area contributed by atoms with Gasteiger partial charge in [-0.15, -0.1) is 20.4 Å². The minimum atomic E-state index is -0.932. The van der Waals surface area contributed by atoms with Crippen LogP contribution in [0, 0.1) is 11.6 Å². The standard InChI is InChI=1S/C32H36FN7O5.C27H28FN7O3.S4.S2/c1-18-15-38(16-26-35-36-27(39(18)26)25-17-44-32(5,6)40(25)30(43)45-31(2,3)4)29(42)22-13-19(11-12-23(22)33)14-24-20-9-7-8-10-21(20)28(41)37-34-24;1-15-12-34(13-23-31-32-24(35(15)23)22-14-38-27(2,3)29-22)26(37)19-10-16(8-9-20(19)28)11-21-17-6-4-5-7-18(17)25(36)33-30-21;1-3-4-2;1-2/h7-13,18,25H,14-17H2,1-6H3,(H,37,41);4-10,15,22,29H,11-14H2,1-3H3,(H,33,36);;. The Morgan fingerprint density at radius 1 is 0.663 bits per heavy atom. The zero-order valence-corrected chi connectivity index (χ0v) is 54.8. The van der Waals surface area contributed by atoms with Crippen molar-refractivity contribution in [1.82, 2.24) is 69.9 Å². The molecule has 89 heavy (non-hydrogen) atoms. The van der Waals surface area contributed by atoms with Gasteiger partial charge in [-0.25, -0.2) is 23.8 Å². The van der Waals surface area contributed by atoms with Crippen molar-refractivity contribution in [2.24, 2.45) is 0 Å². The molecule has 4 aromatic heterocycles. The number of fused-ring (bicyclic) bond motifs is 4. The van der Waals surface area contributed by atoms with Crippen LogP contribution < -0.4 is 16.4 Å². The predicted octanol–water partition coefficient (Wildman–Crippen LogP) is 7.35. The molecule has 0 bridgehead atoms. The molecule has 4 aliphatic rings. The minimum Gasteiger partial charge on any atom is -0.444 e. The molecule has 8 aromatic rings. The molecule has 4 aromatic carbocycles. The number of hydrogen-bond acceptors (Lipinski definition) is 19. The predicted molar refractivity (Wildman–Crippen MR) is 343 cm³/mol. The fourth-order valence-electron chi connectivity index (χ4n) is 11.5. The van der Waals surface area contributed by atoms with Crippen LogP contribution in [0.15, 0.2) is 94.5 Å². The van der Waals surface area contributed by atoms with E-state index in [1.165, 1.54) is 36.0 Å². The Kier molecular flexibility index (Phi) is 20.4. The van der Waals surface area contributed by atoms with Gasteiger partial charge in [-0.3, -0.25) is 29.4 Å². The van der Waals surface area contributed by atoms with E-state index >= 15 is 4.39 Å². The van der Waals surface area contributed by atoms with E-state index in [0.29, 0.717) is 82.1 Å². The van der Waals surface area contributed by atoms with Gasteiger partial charge in [0.05, 0.1) is 77.7 Å². The van der Waals surface area contributed by atoms with Gasteiger partial charge >= 0.3 is 6.09 Å². The summed E-state index contributed by atoms with van der Waals surface area (Å²) in [4.78, 5) is 69.5. The summed E-state index contributed by atoms with van der Waals surface area (Å²) in [6, 6.07) is 22.2. The molecule has 2 saturated heterocycles. The third-order valence-corrected chi connectivity index (χ3v) is 17.6. The summed E-state index contributed by atoms with van der Waals surface area (Å²) in [6.07, 6.45) is 0.103. The van der Waals surface area contributed by atoms with E-state index in [9.17, 15) is 28.4 Å². The number of aromatic amines is 2. The Morgan fingerprint density at radius 2 is 1.11 bits per heavy atom. The van der Waals surface area contributed by atoms with Gasteiger partial charge in [0.25, 0.3) is 22.9 Å². The zero-order chi connectivity index (χ0) is 64.3. The summed E-state index contributed by atoms with van der Waals surface area (Å²) >= 11 is 16.0. The number of nitrogens with one attached hydrogen (secondary N) is 3. The smallest absolute Gasteiger partial charge is 0.413 e. The maximum Gasteiger partial charge on any atom is 0.413 e. The van der Waals surface area contributed by atoms with Crippen LogP contribution in [-0.4, -0.2) is 126 Å². The van der Waals surface area contributed by atoms with Crippen LogP contribution in [0.3, 0.4) is 0 Å². The lowest BCUT2D eigenvalue weighted by Gasteiger charge is -2.36. The van der Waals surface area contributed by atoms with Crippen LogP contribution in [0.5, 0.6) is 0 Å². The van der Waals surface area contributed by atoms with Crippen molar-refractivity contribution in [1.29, 1.82) is 0 Å². The average molecular weight is 1330 g/mol. The molecule has 30 heteroatoms. The largest absolute Gasteiger partial charge is 0.444 e. The molecule has 4 atom stereocenters. The fraction of sp³-hybridized carbons (Fsp3) is 0.407. The van der Waals surface area contributed by atoms with Crippen molar-refractivity contribution in [3.05, 3.63) is 174 Å². The SMILES string of the molecule is CC1CN(C(=O)c2cc(Cc3n[nH]c(=O)c4ccccc34)ccc2F)Cc2nnc(C3COC(C)(C)N3)n21.CC1CN(C(=O)c2cc(Cc3n[nH]c(=O)c4ccccc34)ccc2F)Cc2nnc(C3COC(C)(C)N3C(=O)OC(C)(C)C)n21.S=S.S=S=S=S. The van der Waals surface area contributed by atoms with E-state index in [2.05, 4.69) is 90.9 Å². The van der Waals surface area contributed by atoms with Crippen molar-refractivity contribution in [3.8, 4) is 0 Å². The van der Waals surface area contributed by atoms with Gasteiger partial charge in [-0.2, -0.15) is 10.2 Å². The summed E-state index contributed by atoms with van der Waals surface area (Å²) in [5, 5.41) is 36.9. The van der Waals surface area contributed by atoms with Crippen molar-refractivity contribution in [2.45, 2.75) is 129 Å². The highest BCUT2D eigenvalue weighted by atomic mass is 33.2. The number of H-pyrrole nitrogens is 2. The summed E-state index contributed by atoms with van der Waals surface area (Å²) in [5.74, 6) is 0.376. The maximum atomic E-state index is 15.1. The van der Waals surface area contributed by atoms with E-state index in [1.807, 2.05) is 61.1 Å². The van der Waals surface area contributed by atoms with Gasteiger partial charge in [0.1, 0.15) is 34.7 Å². The molecule has 2 fully saturated rings. The third kappa shape index (κ3) is 14.5. The van der Waals surface area contributed by atoms with Crippen molar-refractivity contribution in [2.75, 3.05) is 26.3 Å². The zero-order valence-electron chi connectivity index (χ0n) is 49.9. The molecule has 0 spiro atoms. The molecule has 0 saturated carbocycles. The monoisotopic (exact) mass is 1330 g/mol. The highest BCUT2D eigenvalue weighted by Crippen LogP contribution is 2.40. The van der Waals surface area contributed by atoms with Crippen LogP contribution >= 0.6 is 0 Å². The van der Waals surface area contributed by atoms with Gasteiger partial charge < -0.3 is 33.1 Å².